The molecule has 0 aliphatic carbocycles. The van der Waals surface area contributed by atoms with Crippen molar-refractivity contribution in [2.45, 2.75) is 6.54 Å². The number of hydrogen-bond acceptors (Lipinski definition) is 4. The topological polar surface area (TPSA) is 72.4 Å². The van der Waals surface area contributed by atoms with Gasteiger partial charge in [-0.2, -0.15) is 0 Å². The molecular weight excluding hydrogens is 278 g/mol. The average Bonchev–Trinajstić information content (AvgIpc) is 2.41. The highest BCUT2D eigenvalue weighted by atomic mass is 35.5. The number of halogens is 1. The van der Waals surface area contributed by atoms with Gasteiger partial charge in [-0.1, -0.05) is 23.7 Å². The summed E-state index contributed by atoms with van der Waals surface area (Å²) in [6.45, 7) is 0.638. The zero-order valence-corrected chi connectivity index (χ0v) is 11.7. The molecule has 0 fully saturated rings. The van der Waals surface area contributed by atoms with Gasteiger partial charge in [-0.05, 0) is 23.8 Å². The molecule has 0 spiro atoms. The van der Waals surface area contributed by atoms with Gasteiger partial charge in [0.2, 0.25) is 0 Å². The zero-order chi connectivity index (χ0) is 14.7. The summed E-state index contributed by atoms with van der Waals surface area (Å²) in [5.74, 6) is 0. The van der Waals surface area contributed by atoms with Crippen LogP contribution in [0.3, 0.4) is 0 Å². The minimum atomic E-state index is -0.459. The quantitative estimate of drug-likeness (QED) is 0.532. The van der Waals surface area contributed by atoms with Crippen LogP contribution in [-0.2, 0) is 6.54 Å². The lowest BCUT2D eigenvalue weighted by Crippen LogP contribution is -2.17. The molecule has 0 aliphatic heterocycles. The monoisotopic (exact) mass is 291 g/mol. The van der Waals surface area contributed by atoms with Crippen molar-refractivity contribution < 1.29 is 4.92 Å². The number of hydrogen-bond donors (Lipinski definition) is 1. The summed E-state index contributed by atoms with van der Waals surface area (Å²) in [5, 5.41) is 11.4. The number of nitro groups is 1. The number of rotatable bonds is 4. The van der Waals surface area contributed by atoms with E-state index in [9.17, 15) is 10.1 Å². The Morgan fingerprint density at radius 3 is 2.45 bits per heavy atom. The first-order chi connectivity index (χ1) is 9.47. The van der Waals surface area contributed by atoms with Crippen LogP contribution in [0.15, 0.2) is 42.5 Å². The summed E-state index contributed by atoms with van der Waals surface area (Å²) in [6.07, 6.45) is 0. The standard InChI is InChI=1S/C14H14ClN3O2/c1-17(9-10-2-4-11(15)5-3-10)14-7-6-12(18(19)20)8-13(14)16/h2-8H,9,16H2,1H3. The van der Waals surface area contributed by atoms with Crippen LogP contribution in [-0.4, -0.2) is 12.0 Å². The van der Waals surface area contributed by atoms with Crippen molar-refractivity contribution in [3.63, 3.8) is 0 Å². The van der Waals surface area contributed by atoms with Gasteiger partial charge in [-0.3, -0.25) is 10.1 Å². The van der Waals surface area contributed by atoms with Gasteiger partial charge < -0.3 is 10.6 Å². The van der Waals surface area contributed by atoms with E-state index in [1.165, 1.54) is 12.1 Å². The van der Waals surface area contributed by atoms with Gasteiger partial charge in [0.1, 0.15) is 0 Å². The zero-order valence-electron chi connectivity index (χ0n) is 10.9. The number of benzene rings is 2. The first-order valence-electron chi connectivity index (χ1n) is 5.97. The second-order valence-corrected chi connectivity index (χ2v) is 4.92. The van der Waals surface area contributed by atoms with Gasteiger partial charge in [0.25, 0.3) is 5.69 Å². The fourth-order valence-electron chi connectivity index (χ4n) is 1.95. The smallest absolute Gasteiger partial charge is 0.271 e. The molecule has 104 valence electrons. The predicted molar refractivity (Wildman–Crippen MR) is 81.1 cm³/mol. The molecule has 2 N–H and O–H groups in total. The summed E-state index contributed by atoms with van der Waals surface area (Å²) in [4.78, 5) is 12.2. The number of nitrogens with zero attached hydrogens (tertiary/aromatic N) is 2. The molecule has 0 atom stereocenters. The van der Waals surface area contributed by atoms with E-state index in [-0.39, 0.29) is 5.69 Å². The minimum Gasteiger partial charge on any atom is -0.397 e. The molecule has 0 bridgehead atoms. The van der Waals surface area contributed by atoms with Gasteiger partial charge in [0.05, 0.1) is 16.3 Å². The van der Waals surface area contributed by atoms with Crippen molar-refractivity contribution in [2.75, 3.05) is 17.7 Å². The van der Waals surface area contributed by atoms with E-state index in [0.717, 1.165) is 11.3 Å². The van der Waals surface area contributed by atoms with Crippen LogP contribution < -0.4 is 10.6 Å². The average molecular weight is 292 g/mol. The highest BCUT2D eigenvalue weighted by Gasteiger charge is 2.11. The maximum absolute atomic E-state index is 10.7. The minimum absolute atomic E-state index is 0.00820. The number of nitrogen functional groups attached to an aromatic ring is 1. The van der Waals surface area contributed by atoms with Crippen LogP contribution in [0, 0.1) is 10.1 Å². The van der Waals surface area contributed by atoms with E-state index in [1.807, 2.05) is 36.2 Å². The molecule has 0 saturated carbocycles. The van der Waals surface area contributed by atoms with Crippen LogP contribution in [0.4, 0.5) is 17.1 Å². The van der Waals surface area contributed by atoms with Crippen LogP contribution in [0.25, 0.3) is 0 Å². The van der Waals surface area contributed by atoms with Crippen molar-refractivity contribution >= 4 is 28.7 Å². The van der Waals surface area contributed by atoms with Crippen LogP contribution in [0.1, 0.15) is 5.56 Å². The molecule has 2 rings (SSSR count). The molecule has 5 nitrogen and oxygen atoms in total. The predicted octanol–water partition coefficient (Wildman–Crippen LogP) is 3.47. The van der Waals surface area contributed by atoms with Crippen molar-refractivity contribution in [1.82, 2.24) is 0 Å². The fourth-order valence-corrected chi connectivity index (χ4v) is 2.08. The number of anilines is 2. The molecule has 0 heterocycles. The second kappa shape index (κ2) is 5.79. The third kappa shape index (κ3) is 3.19. The van der Waals surface area contributed by atoms with E-state index >= 15 is 0 Å². The van der Waals surface area contributed by atoms with E-state index in [0.29, 0.717) is 17.3 Å². The highest BCUT2D eigenvalue weighted by molar-refractivity contribution is 6.30. The van der Waals surface area contributed by atoms with Crippen molar-refractivity contribution in [3.05, 3.63) is 63.2 Å². The Bertz CT molecular complexity index is 629. The van der Waals surface area contributed by atoms with Gasteiger partial charge in [0.15, 0.2) is 0 Å². The lowest BCUT2D eigenvalue weighted by atomic mass is 10.2. The van der Waals surface area contributed by atoms with Crippen LogP contribution >= 0.6 is 11.6 Å². The Morgan fingerprint density at radius 2 is 1.90 bits per heavy atom. The lowest BCUT2D eigenvalue weighted by Gasteiger charge is -2.21. The summed E-state index contributed by atoms with van der Waals surface area (Å²) in [7, 11) is 1.88. The maximum Gasteiger partial charge on any atom is 0.271 e. The largest absolute Gasteiger partial charge is 0.397 e. The Balaban J connectivity index is 2.18. The van der Waals surface area contributed by atoms with Crippen molar-refractivity contribution in [2.24, 2.45) is 0 Å². The number of nitro benzene ring substituents is 1. The van der Waals surface area contributed by atoms with Gasteiger partial charge in [0, 0.05) is 30.7 Å². The van der Waals surface area contributed by atoms with Crippen LogP contribution in [0.5, 0.6) is 0 Å². The van der Waals surface area contributed by atoms with E-state index < -0.39 is 4.92 Å². The molecule has 0 aromatic heterocycles. The van der Waals surface area contributed by atoms with Crippen LogP contribution in [0.2, 0.25) is 5.02 Å². The van der Waals surface area contributed by atoms with E-state index in [2.05, 4.69) is 0 Å². The van der Waals surface area contributed by atoms with E-state index in [4.69, 9.17) is 17.3 Å². The fraction of sp³-hybridized carbons (Fsp3) is 0.143. The summed E-state index contributed by atoms with van der Waals surface area (Å²) >= 11 is 5.84. The first kappa shape index (κ1) is 14.1. The summed E-state index contributed by atoms with van der Waals surface area (Å²) in [5.41, 5.74) is 8.08. The Morgan fingerprint density at radius 1 is 1.25 bits per heavy atom. The number of non-ortho nitro benzene ring substituents is 1. The molecule has 0 saturated heterocycles. The maximum atomic E-state index is 10.7. The van der Waals surface area contributed by atoms with E-state index in [1.54, 1.807) is 6.07 Å². The molecule has 0 radical (unpaired) electrons. The molecule has 2 aromatic carbocycles. The Kier molecular flexibility index (Phi) is 4.10. The summed E-state index contributed by atoms with van der Waals surface area (Å²) in [6, 6.07) is 12.0. The third-order valence-corrected chi connectivity index (χ3v) is 3.22. The normalized spacial score (nSPS) is 10.3. The molecule has 0 aliphatic rings. The van der Waals surface area contributed by atoms with Crippen molar-refractivity contribution in [1.29, 1.82) is 0 Å². The van der Waals surface area contributed by atoms with Crippen molar-refractivity contribution in [3.8, 4) is 0 Å². The molecular formula is C14H14ClN3O2. The third-order valence-electron chi connectivity index (χ3n) is 2.97. The second-order valence-electron chi connectivity index (χ2n) is 4.48. The Labute approximate surface area is 121 Å². The highest BCUT2D eigenvalue weighted by Crippen LogP contribution is 2.27. The molecule has 6 heteroatoms. The SMILES string of the molecule is CN(Cc1ccc(Cl)cc1)c1ccc([N+](=O)[O-])cc1N. The first-order valence-corrected chi connectivity index (χ1v) is 6.34. The van der Waals surface area contributed by atoms with Gasteiger partial charge in [-0.15, -0.1) is 0 Å². The van der Waals surface area contributed by atoms with Gasteiger partial charge in [-0.25, -0.2) is 0 Å². The summed E-state index contributed by atoms with van der Waals surface area (Å²) < 4.78 is 0. The molecule has 0 unspecified atom stereocenters. The number of nitrogens with two attached hydrogens (primary N) is 1. The lowest BCUT2D eigenvalue weighted by molar-refractivity contribution is -0.384. The van der Waals surface area contributed by atoms with Gasteiger partial charge >= 0.3 is 0 Å². The molecule has 0 amide bonds. The molecule has 20 heavy (non-hydrogen) atoms. The molecule has 2 aromatic rings. The Hall–Kier alpha value is -2.27.